The van der Waals surface area contributed by atoms with Crippen LogP contribution in [0.15, 0.2) is 0 Å². The minimum absolute atomic E-state index is 2.34. The van der Waals surface area contributed by atoms with Crippen molar-refractivity contribution in [3.8, 4) is 0 Å². The van der Waals surface area contributed by atoms with Crippen molar-refractivity contribution < 1.29 is 48.6 Å². The third-order valence-electron chi connectivity index (χ3n) is 1.50. The van der Waals surface area contributed by atoms with E-state index >= 15 is 0 Å². The van der Waals surface area contributed by atoms with Crippen molar-refractivity contribution in [3.05, 3.63) is 0 Å². The monoisotopic (exact) mass is 282 g/mol. The molecule has 0 aromatic carbocycles. The zero-order chi connectivity index (χ0) is 14.0. The number of rotatable bonds is 6. The lowest BCUT2D eigenvalue weighted by Crippen LogP contribution is -2.55. The van der Waals surface area contributed by atoms with E-state index in [-0.39, 0.29) is 0 Å². The third-order valence-corrected chi connectivity index (χ3v) is 1.50. The van der Waals surface area contributed by atoms with Crippen molar-refractivity contribution in [1.29, 1.82) is 0 Å². The fourth-order valence-electron chi connectivity index (χ4n) is 0.608. The van der Waals surface area contributed by atoms with Gasteiger partial charge in [-0.25, -0.2) is 35.1 Å². The van der Waals surface area contributed by atoms with Gasteiger partial charge in [-0.15, -0.1) is 0 Å². The summed E-state index contributed by atoms with van der Waals surface area (Å²) in [5, 5.41) is 0. The van der Waals surface area contributed by atoms with Crippen LogP contribution in [0.2, 0.25) is 0 Å². The highest BCUT2D eigenvalue weighted by atomic mass is 19.3. The van der Waals surface area contributed by atoms with Crippen molar-refractivity contribution in [2.75, 3.05) is 0 Å². The summed E-state index contributed by atoms with van der Waals surface area (Å²) in [6, 6.07) is 0. The van der Waals surface area contributed by atoms with Gasteiger partial charge in [-0.1, -0.05) is 0 Å². The Morgan fingerprint density at radius 3 is 0.824 bits per heavy atom. The van der Waals surface area contributed by atoms with Crippen LogP contribution in [0.5, 0.6) is 0 Å². The lowest BCUT2D eigenvalue weighted by Gasteiger charge is -2.32. The predicted molar refractivity (Wildman–Crippen MR) is 32.8 cm³/mol. The van der Waals surface area contributed by atoms with Gasteiger partial charge in [-0.05, 0) is 0 Å². The first-order valence-electron chi connectivity index (χ1n) is 3.69. The van der Waals surface area contributed by atoms with Gasteiger partial charge in [0.15, 0.2) is 0 Å². The van der Waals surface area contributed by atoms with Crippen molar-refractivity contribution in [3.63, 3.8) is 0 Å². The van der Waals surface area contributed by atoms with Crippen molar-refractivity contribution in [1.82, 2.24) is 0 Å². The molecular weight excluding hydrogens is 278 g/mol. The molecule has 0 N–H and O–H groups in total. The van der Waals surface area contributed by atoms with Crippen LogP contribution in [-0.2, 0) is 4.74 Å². The molecule has 0 unspecified atom stereocenters. The van der Waals surface area contributed by atoms with Gasteiger partial charge in [-0.3, -0.25) is 4.74 Å². The van der Waals surface area contributed by atoms with E-state index in [1.54, 1.807) is 0 Å². The van der Waals surface area contributed by atoms with E-state index in [4.69, 9.17) is 0 Å². The smallest absolute Gasteiger partial charge is 0.290 e. The SMILES string of the molecule is FC(F)C(F)(OC(F)(C(F)F)C(F)F)C(F)F. The van der Waals surface area contributed by atoms with Crippen LogP contribution in [0.25, 0.3) is 0 Å². The molecule has 0 aromatic heterocycles. The minimum Gasteiger partial charge on any atom is -0.290 e. The van der Waals surface area contributed by atoms with Gasteiger partial charge in [0, 0.05) is 0 Å². The summed E-state index contributed by atoms with van der Waals surface area (Å²) in [7, 11) is 0. The Morgan fingerprint density at radius 2 is 0.706 bits per heavy atom. The maximum absolute atomic E-state index is 12.6. The van der Waals surface area contributed by atoms with E-state index in [1.807, 2.05) is 0 Å². The van der Waals surface area contributed by atoms with Crippen LogP contribution >= 0.6 is 0 Å². The Balaban J connectivity index is 5.22. The average Bonchev–Trinajstić information content (AvgIpc) is 2.15. The normalized spacial score (nSPS) is 14.5. The lowest BCUT2D eigenvalue weighted by molar-refractivity contribution is -0.395. The highest BCUT2D eigenvalue weighted by Crippen LogP contribution is 2.40. The molecule has 0 amide bonds. The summed E-state index contributed by atoms with van der Waals surface area (Å²) in [5.74, 6) is -11.1. The molecule has 0 fully saturated rings. The number of alkyl halides is 10. The first-order valence-corrected chi connectivity index (χ1v) is 3.69. The second-order valence-electron chi connectivity index (χ2n) is 2.70. The summed E-state index contributed by atoms with van der Waals surface area (Å²) in [6.45, 7) is 0. The highest BCUT2D eigenvalue weighted by Gasteiger charge is 2.63. The van der Waals surface area contributed by atoms with E-state index in [0.717, 1.165) is 0 Å². The van der Waals surface area contributed by atoms with Gasteiger partial charge in [0.05, 0.1) is 0 Å². The Morgan fingerprint density at radius 1 is 0.529 bits per heavy atom. The zero-order valence-corrected chi connectivity index (χ0v) is 7.50. The molecule has 0 saturated carbocycles. The summed E-state index contributed by atoms with van der Waals surface area (Å²) >= 11 is 0. The quantitative estimate of drug-likeness (QED) is 0.678. The molecule has 0 radical (unpaired) electrons. The fourth-order valence-corrected chi connectivity index (χ4v) is 0.608. The first kappa shape index (κ1) is 16.3. The molecular formula is C6H4F10O. The van der Waals surface area contributed by atoms with E-state index in [2.05, 4.69) is 4.74 Å². The van der Waals surface area contributed by atoms with Gasteiger partial charge < -0.3 is 0 Å². The van der Waals surface area contributed by atoms with Crippen molar-refractivity contribution >= 4 is 0 Å². The average molecular weight is 282 g/mol. The minimum atomic E-state index is -5.55. The first-order chi connectivity index (χ1) is 7.48. The Labute approximate surface area is 87.3 Å². The van der Waals surface area contributed by atoms with Crippen LogP contribution < -0.4 is 0 Å². The Bertz CT molecular complexity index is 201. The number of ether oxygens (including phenoxy) is 1. The molecule has 0 aliphatic heterocycles. The van der Waals surface area contributed by atoms with Gasteiger partial charge in [0.25, 0.3) is 0 Å². The number of hydrogen-bond acceptors (Lipinski definition) is 1. The predicted octanol–water partition coefficient (Wildman–Crippen LogP) is 3.40. The van der Waals surface area contributed by atoms with Crippen LogP contribution in [0.3, 0.4) is 0 Å². The largest absolute Gasteiger partial charge is 0.334 e. The molecule has 0 spiro atoms. The van der Waals surface area contributed by atoms with Gasteiger partial charge in [0.2, 0.25) is 0 Å². The van der Waals surface area contributed by atoms with Gasteiger partial charge in [0.1, 0.15) is 0 Å². The maximum atomic E-state index is 12.6. The fraction of sp³-hybridized carbons (Fsp3) is 1.00. The number of hydrogen-bond donors (Lipinski definition) is 0. The molecule has 104 valence electrons. The summed E-state index contributed by atoms with van der Waals surface area (Å²) in [6.07, 6.45) is -19.2. The molecule has 0 aliphatic rings. The third kappa shape index (κ3) is 3.13. The molecule has 0 atom stereocenters. The second-order valence-corrected chi connectivity index (χ2v) is 2.70. The molecule has 0 saturated heterocycles. The van der Waals surface area contributed by atoms with Gasteiger partial charge >= 0.3 is 37.4 Å². The highest BCUT2D eigenvalue weighted by molar-refractivity contribution is 4.83. The topological polar surface area (TPSA) is 9.23 Å². The maximum Gasteiger partial charge on any atom is 0.334 e. The lowest BCUT2D eigenvalue weighted by atomic mass is 10.2. The van der Waals surface area contributed by atoms with E-state index < -0.39 is 37.4 Å². The molecule has 0 heterocycles. The van der Waals surface area contributed by atoms with E-state index in [9.17, 15) is 43.9 Å². The molecule has 17 heavy (non-hydrogen) atoms. The summed E-state index contributed by atoms with van der Waals surface area (Å²) < 4.78 is 122. The molecule has 11 heteroatoms. The molecule has 0 aromatic rings. The second kappa shape index (κ2) is 5.27. The molecule has 1 nitrogen and oxygen atoms in total. The zero-order valence-electron chi connectivity index (χ0n) is 7.50. The van der Waals surface area contributed by atoms with Crippen LogP contribution in [0.4, 0.5) is 43.9 Å². The Kier molecular flexibility index (Phi) is 5.04. The van der Waals surface area contributed by atoms with Crippen LogP contribution in [0, 0.1) is 0 Å². The van der Waals surface area contributed by atoms with Crippen molar-refractivity contribution in [2.24, 2.45) is 0 Å². The van der Waals surface area contributed by atoms with Crippen molar-refractivity contribution in [2.45, 2.75) is 37.4 Å². The summed E-state index contributed by atoms with van der Waals surface area (Å²) in [4.78, 5) is 0. The molecule has 0 bridgehead atoms. The Hall–Kier alpha value is -0.740. The van der Waals surface area contributed by atoms with Gasteiger partial charge in [-0.2, -0.15) is 8.78 Å². The van der Waals surface area contributed by atoms with E-state index in [0.29, 0.717) is 0 Å². The molecule has 0 aliphatic carbocycles. The number of halogens is 10. The summed E-state index contributed by atoms with van der Waals surface area (Å²) in [5.41, 5.74) is 0. The van der Waals surface area contributed by atoms with E-state index in [1.165, 1.54) is 0 Å². The molecule has 0 rings (SSSR count). The standard InChI is InChI=1S/C6H4F10O/c7-1(8)5(15,2(9)10)17-6(16,3(11)12)4(13)14/h1-4H. The van der Waals surface area contributed by atoms with Crippen LogP contribution in [0.1, 0.15) is 0 Å². The van der Waals surface area contributed by atoms with Crippen LogP contribution in [-0.4, -0.2) is 37.4 Å².